The van der Waals surface area contributed by atoms with Crippen LogP contribution in [0.1, 0.15) is 18.9 Å². The number of sulfone groups is 1. The molecule has 0 aliphatic carbocycles. The van der Waals surface area contributed by atoms with Gasteiger partial charge in [0.1, 0.15) is 0 Å². The molecule has 1 aromatic heterocycles. The Bertz CT molecular complexity index is 799. The standard InChI is InChI=1S/C13H17N5O2S/c1-9-7-10(14)3-4-11(9)12-15-16-17-18(12)13(2)5-6-21(19,20)8-13/h3-4,7H,5-6,8,14H2,1-2H3. The number of anilines is 1. The molecule has 0 spiro atoms. The van der Waals surface area contributed by atoms with E-state index in [2.05, 4.69) is 15.5 Å². The zero-order valence-corrected chi connectivity index (χ0v) is 12.8. The summed E-state index contributed by atoms with van der Waals surface area (Å²) in [5, 5.41) is 11.9. The minimum Gasteiger partial charge on any atom is -0.399 e. The molecule has 1 aromatic carbocycles. The molecule has 1 fully saturated rings. The molecule has 1 atom stereocenters. The van der Waals surface area contributed by atoms with E-state index < -0.39 is 15.4 Å². The van der Waals surface area contributed by atoms with Crippen LogP contribution in [0.2, 0.25) is 0 Å². The van der Waals surface area contributed by atoms with E-state index in [0.29, 0.717) is 17.9 Å². The number of benzene rings is 1. The molecule has 1 unspecified atom stereocenters. The average Bonchev–Trinajstić information content (AvgIpc) is 2.95. The van der Waals surface area contributed by atoms with Gasteiger partial charge in [0.05, 0.1) is 17.0 Å². The smallest absolute Gasteiger partial charge is 0.182 e. The molecule has 0 saturated carbocycles. The minimum absolute atomic E-state index is 0.0616. The monoisotopic (exact) mass is 307 g/mol. The highest BCUT2D eigenvalue weighted by molar-refractivity contribution is 7.91. The first kappa shape index (κ1) is 14.0. The Morgan fingerprint density at radius 3 is 2.76 bits per heavy atom. The van der Waals surface area contributed by atoms with Gasteiger partial charge in [-0.2, -0.15) is 0 Å². The molecule has 3 rings (SSSR count). The van der Waals surface area contributed by atoms with Crippen molar-refractivity contribution < 1.29 is 8.42 Å². The van der Waals surface area contributed by atoms with Crippen LogP contribution in [0.3, 0.4) is 0 Å². The molecule has 2 aromatic rings. The lowest BCUT2D eigenvalue weighted by Crippen LogP contribution is -2.33. The number of tetrazole rings is 1. The first-order valence-corrected chi connectivity index (χ1v) is 8.49. The third-order valence-electron chi connectivity index (χ3n) is 3.95. The predicted octanol–water partition coefficient (Wildman–Crippen LogP) is 0.764. The van der Waals surface area contributed by atoms with E-state index in [1.54, 1.807) is 10.7 Å². The van der Waals surface area contributed by atoms with Gasteiger partial charge >= 0.3 is 0 Å². The second kappa shape index (κ2) is 4.52. The maximum atomic E-state index is 11.8. The van der Waals surface area contributed by atoms with Crippen LogP contribution in [-0.2, 0) is 15.4 Å². The molecule has 7 nitrogen and oxygen atoms in total. The Morgan fingerprint density at radius 2 is 2.14 bits per heavy atom. The predicted molar refractivity (Wildman–Crippen MR) is 79.3 cm³/mol. The molecule has 0 radical (unpaired) electrons. The third-order valence-corrected chi connectivity index (χ3v) is 5.84. The van der Waals surface area contributed by atoms with E-state index >= 15 is 0 Å². The summed E-state index contributed by atoms with van der Waals surface area (Å²) in [7, 11) is -3.03. The molecular weight excluding hydrogens is 290 g/mol. The molecule has 0 bridgehead atoms. The Kier molecular flexibility index (Phi) is 3.01. The fraction of sp³-hybridized carbons (Fsp3) is 0.462. The van der Waals surface area contributed by atoms with Crippen LogP contribution >= 0.6 is 0 Å². The van der Waals surface area contributed by atoms with E-state index in [9.17, 15) is 8.42 Å². The van der Waals surface area contributed by atoms with Gasteiger partial charge in [0.25, 0.3) is 0 Å². The highest BCUT2D eigenvalue weighted by Gasteiger charge is 2.42. The van der Waals surface area contributed by atoms with Crippen molar-refractivity contribution in [2.75, 3.05) is 17.2 Å². The SMILES string of the molecule is Cc1cc(N)ccc1-c1nnnn1C1(C)CCS(=O)(=O)C1. The van der Waals surface area contributed by atoms with Crippen molar-refractivity contribution in [2.45, 2.75) is 25.8 Å². The van der Waals surface area contributed by atoms with Crippen molar-refractivity contribution in [2.24, 2.45) is 0 Å². The van der Waals surface area contributed by atoms with Crippen molar-refractivity contribution in [1.82, 2.24) is 20.2 Å². The summed E-state index contributed by atoms with van der Waals surface area (Å²) >= 11 is 0. The third kappa shape index (κ3) is 2.39. The van der Waals surface area contributed by atoms with Gasteiger partial charge < -0.3 is 5.73 Å². The first-order chi connectivity index (χ1) is 9.81. The van der Waals surface area contributed by atoms with E-state index in [-0.39, 0.29) is 11.5 Å². The van der Waals surface area contributed by atoms with Crippen molar-refractivity contribution in [1.29, 1.82) is 0 Å². The number of aryl methyl sites for hydroxylation is 1. The Balaban J connectivity index is 2.10. The molecular formula is C13H17N5O2S. The van der Waals surface area contributed by atoms with Gasteiger partial charge in [-0.25, -0.2) is 13.1 Å². The largest absolute Gasteiger partial charge is 0.399 e. The van der Waals surface area contributed by atoms with Gasteiger partial charge in [-0.3, -0.25) is 0 Å². The van der Waals surface area contributed by atoms with Crippen LogP contribution in [0.15, 0.2) is 18.2 Å². The van der Waals surface area contributed by atoms with Crippen LogP contribution in [0.5, 0.6) is 0 Å². The van der Waals surface area contributed by atoms with Crippen LogP contribution in [0, 0.1) is 6.92 Å². The molecule has 21 heavy (non-hydrogen) atoms. The molecule has 112 valence electrons. The molecule has 1 saturated heterocycles. The quantitative estimate of drug-likeness (QED) is 0.822. The maximum absolute atomic E-state index is 11.8. The van der Waals surface area contributed by atoms with Crippen molar-refractivity contribution >= 4 is 15.5 Å². The Hall–Kier alpha value is -1.96. The van der Waals surface area contributed by atoms with E-state index in [1.807, 2.05) is 26.0 Å². The Labute approximate surface area is 123 Å². The summed E-state index contributed by atoms with van der Waals surface area (Å²) < 4.78 is 25.2. The number of aromatic nitrogens is 4. The summed E-state index contributed by atoms with van der Waals surface area (Å²) in [4.78, 5) is 0. The average molecular weight is 307 g/mol. The van der Waals surface area contributed by atoms with Crippen LogP contribution in [0.4, 0.5) is 5.69 Å². The summed E-state index contributed by atoms with van der Waals surface area (Å²) in [5.74, 6) is 0.808. The highest BCUT2D eigenvalue weighted by atomic mass is 32.2. The lowest BCUT2D eigenvalue weighted by molar-refractivity contribution is 0.325. The zero-order valence-electron chi connectivity index (χ0n) is 11.9. The zero-order chi connectivity index (χ0) is 15.3. The summed E-state index contributed by atoms with van der Waals surface area (Å²) in [6.07, 6.45) is 0.515. The van der Waals surface area contributed by atoms with Gasteiger partial charge in [0.15, 0.2) is 15.7 Å². The minimum atomic E-state index is -3.03. The normalized spacial score (nSPS) is 24.3. The van der Waals surface area contributed by atoms with Crippen molar-refractivity contribution in [3.8, 4) is 11.4 Å². The lowest BCUT2D eigenvalue weighted by atomic mass is 10.0. The number of rotatable bonds is 2. The van der Waals surface area contributed by atoms with Gasteiger partial charge in [0, 0.05) is 11.3 Å². The molecule has 1 aliphatic rings. The molecule has 2 heterocycles. The van der Waals surface area contributed by atoms with Crippen molar-refractivity contribution in [3.63, 3.8) is 0 Å². The maximum Gasteiger partial charge on any atom is 0.182 e. The van der Waals surface area contributed by atoms with Gasteiger partial charge in [-0.05, 0) is 54.5 Å². The molecule has 8 heteroatoms. The highest BCUT2D eigenvalue weighted by Crippen LogP contribution is 2.34. The van der Waals surface area contributed by atoms with Crippen molar-refractivity contribution in [3.05, 3.63) is 23.8 Å². The van der Waals surface area contributed by atoms with Gasteiger partial charge in [0.2, 0.25) is 0 Å². The summed E-state index contributed by atoms with van der Waals surface area (Å²) in [6.45, 7) is 3.81. The van der Waals surface area contributed by atoms with Gasteiger partial charge in [-0.1, -0.05) is 0 Å². The molecule has 1 aliphatic heterocycles. The lowest BCUT2D eigenvalue weighted by Gasteiger charge is -2.23. The van der Waals surface area contributed by atoms with E-state index in [1.165, 1.54) is 0 Å². The summed E-state index contributed by atoms with van der Waals surface area (Å²) in [6, 6.07) is 5.50. The van der Waals surface area contributed by atoms with Gasteiger partial charge in [-0.15, -0.1) is 5.10 Å². The second-order valence-electron chi connectivity index (χ2n) is 5.83. The first-order valence-electron chi connectivity index (χ1n) is 6.67. The fourth-order valence-corrected chi connectivity index (χ4v) is 4.93. The van der Waals surface area contributed by atoms with Crippen LogP contribution in [0.25, 0.3) is 11.4 Å². The van der Waals surface area contributed by atoms with Crippen LogP contribution in [-0.4, -0.2) is 40.1 Å². The number of nitrogens with two attached hydrogens (primary N) is 1. The Morgan fingerprint density at radius 1 is 1.38 bits per heavy atom. The number of hydrogen-bond acceptors (Lipinski definition) is 6. The fourth-order valence-electron chi connectivity index (χ4n) is 2.82. The summed E-state index contributed by atoms with van der Waals surface area (Å²) in [5.41, 5.74) is 7.65. The molecule has 2 N–H and O–H groups in total. The molecule has 0 amide bonds. The number of nitrogen functional groups attached to an aromatic ring is 1. The number of hydrogen-bond donors (Lipinski definition) is 1. The van der Waals surface area contributed by atoms with E-state index in [0.717, 1.165) is 11.1 Å². The van der Waals surface area contributed by atoms with E-state index in [4.69, 9.17) is 5.73 Å². The number of nitrogens with zero attached hydrogens (tertiary/aromatic N) is 4. The topological polar surface area (TPSA) is 104 Å². The second-order valence-corrected chi connectivity index (χ2v) is 8.01. The van der Waals surface area contributed by atoms with Crippen LogP contribution < -0.4 is 5.73 Å².